The van der Waals surface area contributed by atoms with Crippen LogP contribution in [0.4, 0.5) is 0 Å². The molecule has 0 radical (unpaired) electrons. The molecule has 0 saturated heterocycles. The maximum Gasteiger partial charge on any atom is 0.269 e. The van der Waals surface area contributed by atoms with E-state index < -0.39 is 0 Å². The Balaban J connectivity index is 1.31. The van der Waals surface area contributed by atoms with E-state index in [0.717, 1.165) is 33.9 Å². The highest BCUT2D eigenvalue weighted by Gasteiger charge is 2.10. The summed E-state index contributed by atoms with van der Waals surface area (Å²) in [5.41, 5.74) is 5.50. The number of aryl methyl sites for hydroxylation is 1. The molecule has 0 spiro atoms. The summed E-state index contributed by atoms with van der Waals surface area (Å²) in [5.74, 6) is -0.149. The fraction of sp³-hybridized carbons (Fsp3) is 0.136. The van der Waals surface area contributed by atoms with E-state index in [1.807, 2.05) is 37.3 Å². The summed E-state index contributed by atoms with van der Waals surface area (Å²) >= 11 is 1.65. The Morgan fingerprint density at radius 1 is 1.04 bits per heavy atom. The lowest BCUT2D eigenvalue weighted by molar-refractivity contribution is 0.0949. The topological polar surface area (TPSA) is 70.7 Å². The Kier molecular flexibility index (Phi) is 5.30. The first kappa shape index (κ1) is 18.1. The van der Waals surface area contributed by atoms with Gasteiger partial charge in [-0.25, -0.2) is 4.98 Å². The number of H-pyrrole nitrogens is 1. The lowest BCUT2D eigenvalue weighted by atomic mass is 10.1. The van der Waals surface area contributed by atoms with E-state index >= 15 is 0 Å². The molecule has 0 aliphatic carbocycles. The maximum atomic E-state index is 12.3. The minimum atomic E-state index is -0.149. The Morgan fingerprint density at radius 2 is 1.79 bits per heavy atom. The Hall–Kier alpha value is -3.25. The Morgan fingerprint density at radius 3 is 2.50 bits per heavy atom. The molecule has 4 rings (SSSR count). The number of amides is 1. The van der Waals surface area contributed by atoms with E-state index in [0.29, 0.717) is 12.2 Å². The zero-order valence-corrected chi connectivity index (χ0v) is 16.3. The minimum Gasteiger partial charge on any atom is -0.350 e. The van der Waals surface area contributed by atoms with E-state index in [-0.39, 0.29) is 5.91 Å². The van der Waals surface area contributed by atoms with Crippen LogP contribution in [0.3, 0.4) is 0 Å². The van der Waals surface area contributed by atoms with Crippen LogP contribution in [-0.2, 0) is 6.42 Å². The van der Waals surface area contributed by atoms with Gasteiger partial charge in [-0.1, -0.05) is 54.6 Å². The number of rotatable bonds is 6. The second kappa shape index (κ2) is 8.19. The molecule has 0 bridgehead atoms. The van der Waals surface area contributed by atoms with Gasteiger partial charge in [-0.3, -0.25) is 9.89 Å². The van der Waals surface area contributed by atoms with E-state index in [9.17, 15) is 4.79 Å². The molecule has 4 aromatic rings. The molecule has 0 aliphatic heterocycles. The summed E-state index contributed by atoms with van der Waals surface area (Å²) in [5, 5.41) is 13.1. The molecule has 0 aliphatic rings. The van der Waals surface area contributed by atoms with Crippen LogP contribution in [-0.4, -0.2) is 27.6 Å². The summed E-state index contributed by atoms with van der Waals surface area (Å²) in [6, 6.07) is 19.9. The van der Waals surface area contributed by atoms with Gasteiger partial charge in [-0.15, -0.1) is 11.3 Å². The molecule has 0 saturated carbocycles. The average Bonchev–Trinajstić information content (AvgIpc) is 3.39. The molecule has 0 fully saturated rings. The predicted octanol–water partition coefficient (Wildman–Crippen LogP) is 4.48. The first-order valence-electron chi connectivity index (χ1n) is 9.09. The minimum absolute atomic E-state index is 0.149. The van der Waals surface area contributed by atoms with E-state index in [1.54, 1.807) is 17.4 Å². The summed E-state index contributed by atoms with van der Waals surface area (Å²) < 4.78 is 0. The van der Waals surface area contributed by atoms with Crippen molar-refractivity contribution in [1.82, 2.24) is 20.5 Å². The number of hydrogen-bond acceptors (Lipinski definition) is 4. The monoisotopic (exact) mass is 388 g/mol. The molecule has 0 unspecified atom stereocenters. The van der Waals surface area contributed by atoms with Crippen molar-refractivity contribution in [3.8, 4) is 22.5 Å². The number of thiazole rings is 1. The standard InChI is InChI=1S/C22H20N4OS/c1-15-24-21(14-28-15)18-9-7-16(8-10-18)11-12-23-22(27)20-13-19(25-26-20)17-5-3-2-4-6-17/h2-10,13-14H,11-12H2,1H3,(H,23,27)(H,25,26). The number of aromatic nitrogens is 3. The molecule has 28 heavy (non-hydrogen) atoms. The number of carbonyl (C=O) groups is 1. The van der Waals surface area contributed by atoms with Crippen molar-refractivity contribution in [3.05, 3.63) is 82.3 Å². The molecule has 6 heteroatoms. The zero-order chi connectivity index (χ0) is 19.3. The Labute approximate surface area is 167 Å². The van der Waals surface area contributed by atoms with Crippen molar-refractivity contribution >= 4 is 17.2 Å². The normalized spacial score (nSPS) is 10.8. The highest BCUT2D eigenvalue weighted by molar-refractivity contribution is 7.09. The number of carbonyl (C=O) groups excluding carboxylic acids is 1. The van der Waals surface area contributed by atoms with Crippen molar-refractivity contribution in [1.29, 1.82) is 0 Å². The van der Waals surface area contributed by atoms with Crippen LogP contribution in [0.1, 0.15) is 21.1 Å². The maximum absolute atomic E-state index is 12.3. The molecule has 2 heterocycles. The number of aromatic amines is 1. The number of nitrogens with one attached hydrogen (secondary N) is 2. The van der Waals surface area contributed by atoms with Gasteiger partial charge in [0.05, 0.1) is 16.4 Å². The second-order valence-electron chi connectivity index (χ2n) is 6.49. The summed E-state index contributed by atoms with van der Waals surface area (Å²) in [7, 11) is 0. The fourth-order valence-electron chi connectivity index (χ4n) is 2.95. The quantitative estimate of drug-likeness (QED) is 0.512. The summed E-state index contributed by atoms with van der Waals surface area (Å²) in [6.45, 7) is 2.57. The van der Waals surface area contributed by atoms with Gasteiger partial charge in [0.2, 0.25) is 0 Å². The molecular weight excluding hydrogens is 368 g/mol. The smallest absolute Gasteiger partial charge is 0.269 e. The lowest BCUT2D eigenvalue weighted by Crippen LogP contribution is -2.26. The van der Waals surface area contributed by atoms with Crippen molar-refractivity contribution in [3.63, 3.8) is 0 Å². The molecule has 1 amide bonds. The summed E-state index contributed by atoms with van der Waals surface area (Å²) in [4.78, 5) is 16.8. The van der Waals surface area contributed by atoms with E-state index in [1.165, 1.54) is 5.56 Å². The van der Waals surface area contributed by atoms with Crippen molar-refractivity contribution in [2.24, 2.45) is 0 Å². The molecule has 2 aromatic heterocycles. The van der Waals surface area contributed by atoms with Gasteiger partial charge in [-0.05, 0) is 25.0 Å². The van der Waals surface area contributed by atoms with Crippen LogP contribution >= 0.6 is 11.3 Å². The van der Waals surface area contributed by atoms with E-state index in [4.69, 9.17) is 0 Å². The van der Waals surface area contributed by atoms with Crippen LogP contribution in [0.2, 0.25) is 0 Å². The third-order valence-electron chi connectivity index (χ3n) is 4.46. The molecule has 2 N–H and O–H groups in total. The average molecular weight is 388 g/mol. The highest BCUT2D eigenvalue weighted by atomic mass is 32.1. The van der Waals surface area contributed by atoms with Gasteiger partial charge < -0.3 is 5.32 Å². The van der Waals surface area contributed by atoms with Crippen molar-refractivity contribution < 1.29 is 4.79 Å². The van der Waals surface area contributed by atoms with Gasteiger partial charge in [0.15, 0.2) is 0 Å². The first-order chi connectivity index (χ1) is 13.7. The van der Waals surface area contributed by atoms with E-state index in [2.05, 4.69) is 50.1 Å². The number of nitrogens with zero attached hydrogens (tertiary/aromatic N) is 2. The van der Waals surface area contributed by atoms with Crippen LogP contribution in [0.15, 0.2) is 66.0 Å². The first-order valence-corrected chi connectivity index (χ1v) is 9.97. The second-order valence-corrected chi connectivity index (χ2v) is 7.55. The highest BCUT2D eigenvalue weighted by Crippen LogP contribution is 2.22. The van der Waals surface area contributed by atoms with Crippen LogP contribution < -0.4 is 5.32 Å². The fourth-order valence-corrected chi connectivity index (χ4v) is 3.57. The lowest BCUT2D eigenvalue weighted by Gasteiger charge is -2.05. The molecule has 0 atom stereocenters. The van der Waals surface area contributed by atoms with Gasteiger partial charge in [0, 0.05) is 23.1 Å². The molecule has 140 valence electrons. The third kappa shape index (κ3) is 4.18. The van der Waals surface area contributed by atoms with Crippen molar-refractivity contribution in [2.75, 3.05) is 6.54 Å². The Bertz CT molecular complexity index is 1070. The largest absolute Gasteiger partial charge is 0.350 e. The number of benzene rings is 2. The van der Waals surface area contributed by atoms with Crippen LogP contribution in [0.25, 0.3) is 22.5 Å². The van der Waals surface area contributed by atoms with Gasteiger partial charge >= 0.3 is 0 Å². The molecule has 2 aromatic carbocycles. The molecular formula is C22H20N4OS. The van der Waals surface area contributed by atoms with Crippen LogP contribution in [0.5, 0.6) is 0 Å². The van der Waals surface area contributed by atoms with Gasteiger partial charge in [0.25, 0.3) is 5.91 Å². The summed E-state index contributed by atoms with van der Waals surface area (Å²) in [6.07, 6.45) is 0.766. The zero-order valence-electron chi connectivity index (χ0n) is 15.5. The van der Waals surface area contributed by atoms with Gasteiger partial charge in [-0.2, -0.15) is 5.10 Å². The van der Waals surface area contributed by atoms with Gasteiger partial charge in [0.1, 0.15) is 5.69 Å². The molecule has 5 nitrogen and oxygen atoms in total. The SMILES string of the molecule is Cc1nc(-c2ccc(CCNC(=O)c3cc(-c4ccccc4)n[nH]3)cc2)cs1. The van der Waals surface area contributed by atoms with Crippen LogP contribution in [0, 0.1) is 6.92 Å². The number of hydrogen-bond donors (Lipinski definition) is 2. The predicted molar refractivity (Wildman–Crippen MR) is 112 cm³/mol. The third-order valence-corrected chi connectivity index (χ3v) is 5.23. The van der Waals surface area contributed by atoms with Crippen molar-refractivity contribution in [2.45, 2.75) is 13.3 Å².